The van der Waals surface area contributed by atoms with Gasteiger partial charge in [0, 0.05) is 30.5 Å². The molecule has 1 fully saturated rings. The normalized spacial score (nSPS) is 18.7. The zero-order valence-corrected chi connectivity index (χ0v) is 14.5. The summed E-state index contributed by atoms with van der Waals surface area (Å²) in [5, 5.41) is 15.8. The molecule has 3 aromatic heterocycles. The summed E-state index contributed by atoms with van der Waals surface area (Å²) >= 11 is 0. The van der Waals surface area contributed by atoms with E-state index in [1.807, 2.05) is 11.4 Å². The molecule has 1 N–H and O–H groups in total. The molecule has 0 amide bonds. The number of nitrogens with zero attached hydrogens (tertiary/aromatic N) is 5. The fourth-order valence-electron chi connectivity index (χ4n) is 3.62. The number of rotatable bonds is 2. The lowest BCUT2D eigenvalue weighted by molar-refractivity contribution is 0.153. The molecule has 0 aliphatic carbocycles. The Kier molecular flexibility index (Phi) is 3.64. The van der Waals surface area contributed by atoms with E-state index in [-0.39, 0.29) is 6.10 Å². The minimum absolute atomic E-state index is 0.279. The Bertz CT molecular complexity index is 917. The Balaban J connectivity index is 2.00. The molecule has 1 saturated heterocycles. The Labute approximate surface area is 141 Å². The van der Waals surface area contributed by atoms with Gasteiger partial charge in [-0.1, -0.05) is 6.92 Å². The number of pyridine rings is 1. The first-order chi connectivity index (χ1) is 11.6. The number of aryl methyl sites for hydroxylation is 3. The van der Waals surface area contributed by atoms with Gasteiger partial charge in [-0.25, -0.2) is 9.97 Å². The monoisotopic (exact) mass is 325 g/mol. The maximum Gasteiger partial charge on any atom is 0.184 e. The van der Waals surface area contributed by atoms with Crippen molar-refractivity contribution in [1.82, 2.24) is 19.6 Å². The number of hydrogen-bond acceptors (Lipinski definition) is 5. The number of β-amino-alcohol motifs (C(OH)–C–C–N with tert-alkyl or cyclic N) is 1. The minimum Gasteiger partial charge on any atom is -0.391 e. The van der Waals surface area contributed by atoms with Gasteiger partial charge in [-0.3, -0.25) is 0 Å². The molecule has 24 heavy (non-hydrogen) atoms. The Morgan fingerprint density at radius 1 is 1.25 bits per heavy atom. The summed E-state index contributed by atoms with van der Waals surface area (Å²) in [6.45, 7) is 7.76. The van der Waals surface area contributed by atoms with Crippen LogP contribution in [-0.2, 0) is 6.42 Å². The summed E-state index contributed by atoms with van der Waals surface area (Å²) in [6, 6.07) is 4.17. The number of aromatic nitrogens is 4. The molecule has 126 valence electrons. The van der Waals surface area contributed by atoms with Crippen molar-refractivity contribution in [2.45, 2.75) is 46.1 Å². The molecule has 6 nitrogen and oxygen atoms in total. The van der Waals surface area contributed by atoms with Crippen molar-refractivity contribution >= 4 is 22.5 Å². The molecule has 0 bridgehead atoms. The van der Waals surface area contributed by atoms with Gasteiger partial charge in [0.1, 0.15) is 5.82 Å². The van der Waals surface area contributed by atoms with Crippen LogP contribution in [0.4, 0.5) is 5.82 Å². The van der Waals surface area contributed by atoms with Crippen molar-refractivity contribution in [2.24, 2.45) is 0 Å². The number of aliphatic hydroxyl groups excluding tert-OH is 1. The van der Waals surface area contributed by atoms with Gasteiger partial charge in [0.2, 0.25) is 0 Å². The van der Waals surface area contributed by atoms with Crippen molar-refractivity contribution < 1.29 is 5.11 Å². The Morgan fingerprint density at radius 3 is 2.83 bits per heavy atom. The first kappa shape index (κ1) is 15.3. The first-order valence-corrected chi connectivity index (χ1v) is 8.66. The van der Waals surface area contributed by atoms with E-state index >= 15 is 0 Å². The van der Waals surface area contributed by atoms with Crippen LogP contribution in [0.2, 0.25) is 0 Å². The number of anilines is 1. The first-order valence-electron chi connectivity index (χ1n) is 8.66. The summed E-state index contributed by atoms with van der Waals surface area (Å²) in [7, 11) is 0. The second-order valence-corrected chi connectivity index (χ2v) is 6.72. The molecule has 6 heteroatoms. The van der Waals surface area contributed by atoms with Crippen molar-refractivity contribution in [3.8, 4) is 0 Å². The van der Waals surface area contributed by atoms with E-state index in [4.69, 9.17) is 10.1 Å². The predicted molar refractivity (Wildman–Crippen MR) is 94.6 cm³/mol. The topological polar surface area (TPSA) is 66.5 Å². The standard InChI is InChI=1S/C18H23N5O/c1-4-13-9-15(22-7-5-6-14(24)10-22)23-18(20-13)16-11(2)8-12(3)19-17(16)21-23/h8-9,14,24H,4-7,10H2,1-3H3/t14-/m1/s1. The van der Waals surface area contributed by atoms with Gasteiger partial charge in [0.25, 0.3) is 0 Å². The molecule has 4 rings (SSSR count). The summed E-state index contributed by atoms with van der Waals surface area (Å²) in [4.78, 5) is 11.6. The smallest absolute Gasteiger partial charge is 0.184 e. The Hall–Kier alpha value is -2.21. The van der Waals surface area contributed by atoms with E-state index in [9.17, 15) is 5.11 Å². The van der Waals surface area contributed by atoms with Gasteiger partial charge >= 0.3 is 0 Å². The number of aliphatic hydroxyl groups is 1. The van der Waals surface area contributed by atoms with Crippen LogP contribution < -0.4 is 4.90 Å². The molecule has 1 atom stereocenters. The van der Waals surface area contributed by atoms with Gasteiger partial charge in [-0.2, -0.15) is 4.52 Å². The Morgan fingerprint density at radius 2 is 2.08 bits per heavy atom. The highest BCUT2D eigenvalue weighted by atomic mass is 16.3. The molecule has 4 heterocycles. The zero-order chi connectivity index (χ0) is 16.8. The second-order valence-electron chi connectivity index (χ2n) is 6.72. The summed E-state index contributed by atoms with van der Waals surface area (Å²) in [5.74, 6) is 1.01. The quantitative estimate of drug-likeness (QED) is 0.784. The number of fused-ring (bicyclic) bond motifs is 3. The van der Waals surface area contributed by atoms with Crippen LogP contribution >= 0.6 is 0 Å². The average molecular weight is 325 g/mol. The van der Waals surface area contributed by atoms with Gasteiger partial charge in [0.05, 0.1) is 11.5 Å². The third-order valence-electron chi connectivity index (χ3n) is 4.79. The highest BCUT2D eigenvalue weighted by molar-refractivity contribution is 5.93. The minimum atomic E-state index is -0.279. The molecule has 1 aliphatic rings. The summed E-state index contributed by atoms with van der Waals surface area (Å²) in [6.07, 6.45) is 2.44. The molecule has 0 unspecified atom stereocenters. The number of piperidine rings is 1. The van der Waals surface area contributed by atoms with E-state index in [1.54, 1.807) is 0 Å². The van der Waals surface area contributed by atoms with Crippen LogP contribution in [0, 0.1) is 13.8 Å². The van der Waals surface area contributed by atoms with E-state index < -0.39 is 0 Å². The molecule has 1 aliphatic heterocycles. The molecule has 0 spiro atoms. The average Bonchev–Trinajstić information content (AvgIpc) is 2.91. The maximum absolute atomic E-state index is 10.1. The van der Waals surface area contributed by atoms with Crippen molar-refractivity contribution in [1.29, 1.82) is 0 Å². The molecule has 0 aromatic carbocycles. The molecule has 3 aromatic rings. The molecule has 0 radical (unpaired) electrons. The van der Waals surface area contributed by atoms with Crippen LogP contribution in [0.15, 0.2) is 12.1 Å². The lowest BCUT2D eigenvalue weighted by Gasteiger charge is -2.32. The van der Waals surface area contributed by atoms with Crippen LogP contribution in [0.3, 0.4) is 0 Å². The largest absolute Gasteiger partial charge is 0.391 e. The second kappa shape index (κ2) is 5.70. The fraction of sp³-hybridized carbons (Fsp3) is 0.500. The molecular weight excluding hydrogens is 302 g/mol. The summed E-state index contributed by atoms with van der Waals surface area (Å²) in [5.41, 5.74) is 4.77. The van der Waals surface area contributed by atoms with E-state index in [2.05, 4.69) is 35.9 Å². The third-order valence-corrected chi connectivity index (χ3v) is 4.79. The SMILES string of the molecule is CCc1cc(N2CCC[C@@H](O)C2)n2nc3nc(C)cc(C)c3c2n1. The molecule has 0 saturated carbocycles. The van der Waals surface area contributed by atoms with Crippen LogP contribution in [-0.4, -0.2) is 43.9 Å². The lowest BCUT2D eigenvalue weighted by Crippen LogP contribution is -2.39. The van der Waals surface area contributed by atoms with Gasteiger partial charge in [0.15, 0.2) is 11.3 Å². The van der Waals surface area contributed by atoms with Gasteiger partial charge in [-0.05, 0) is 44.7 Å². The van der Waals surface area contributed by atoms with Crippen LogP contribution in [0.1, 0.15) is 36.7 Å². The van der Waals surface area contributed by atoms with Crippen molar-refractivity contribution in [3.05, 3.63) is 29.1 Å². The van der Waals surface area contributed by atoms with Crippen molar-refractivity contribution in [2.75, 3.05) is 18.0 Å². The predicted octanol–water partition coefficient (Wildman–Crippen LogP) is 2.42. The van der Waals surface area contributed by atoms with E-state index in [0.29, 0.717) is 6.54 Å². The van der Waals surface area contributed by atoms with E-state index in [0.717, 1.165) is 65.3 Å². The van der Waals surface area contributed by atoms with Crippen molar-refractivity contribution in [3.63, 3.8) is 0 Å². The maximum atomic E-state index is 10.1. The van der Waals surface area contributed by atoms with Gasteiger partial charge in [-0.15, -0.1) is 5.10 Å². The van der Waals surface area contributed by atoms with Gasteiger partial charge < -0.3 is 10.0 Å². The van der Waals surface area contributed by atoms with E-state index in [1.165, 1.54) is 0 Å². The van der Waals surface area contributed by atoms with Crippen LogP contribution in [0.25, 0.3) is 16.7 Å². The highest BCUT2D eigenvalue weighted by Crippen LogP contribution is 2.28. The van der Waals surface area contributed by atoms with Crippen LogP contribution in [0.5, 0.6) is 0 Å². The summed E-state index contributed by atoms with van der Waals surface area (Å²) < 4.78 is 1.90. The highest BCUT2D eigenvalue weighted by Gasteiger charge is 2.23. The third kappa shape index (κ3) is 2.41. The zero-order valence-electron chi connectivity index (χ0n) is 14.5. The number of hydrogen-bond donors (Lipinski definition) is 1. The fourth-order valence-corrected chi connectivity index (χ4v) is 3.62. The lowest BCUT2D eigenvalue weighted by atomic mass is 10.1. The molecular formula is C18H23N5O.